The highest BCUT2D eigenvalue weighted by atomic mass is 16.6. The fraction of sp³-hybridized carbons (Fsp3) is 0.417. The van der Waals surface area contributed by atoms with E-state index in [1.54, 1.807) is 26.0 Å². The van der Waals surface area contributed by atoms with E-state index in [-0.39, 0.29) is 30.6 Å². The van der Waals surface area contributed by atoms with Crippen molar-refractivity contribution in [2.45, 2.75) is 32.9 Å². The van der Waals surface area contributed by atoms with E-state index in [0.29, 0.717) is 5.56 Å². The third-order valence-corrected chi connectivity index (χ3v) is 2.60. The predicted molar refractivity (Wildman–Crippen MR) is 67.9 cm³/mol. The normalized spacial score (nSPS) is 11.9. The van der Waals surface area contributed by atoms with Crippen LogP contribution in [0.1, 0.15) is 24.5 Å². The Hall–Kier alpha value is -1.95. The molecule has 1 aromatic rings. The van der Waals surface area contributed by atoms with E-state index in [4.69, 9.17) is 5.73 Å². The average Bonchev–Trinajstić information content (AvgIpc) is 2.26. The minimum absolute atomic E-state index is 0.0638. The summed E-state index contributed by atoms with van der Waals surface area (Å²) in [5.74, 6) is -0.157. The molecule has 1 atom stereocenters. The molecule has 1 amide bonds. The molecule has 0 aliphatic carbocycles. The maximum absolute atomic E-state index is 11.4. The van der Waals surface area contributed by atoms with Crippen LogP contribution in [0.5, 0.6) is 0 Å². The zero-order valence-electron chi connectivity index (χ0n) is 10.5. The minimum Gasteiger partial charge on any atom is -0.352 e. The number of rotatable bonds is 5. The van der Waals surface area contributed by atoms with Gasteiger partial charge in [0.15, 0.2) is 0 Å². The third-order valence-electron chi connectivity index (χ3n) is 2.60. The number of nitrogens with zero attached hydrogens (tertiary/aromatic N) is 1. The van der Waals surface area contributed by atoms with Gasteiger partial charge in [0.2, 0.25) is 5.91 Å². The Morgan fingerprint density at radius 2 is 2.22 bits per heavy atom. The van der Waals surface area contributed by atoms with Crippen LogP contribution in [0, 0.1) is 17.0 Å². The molecule has 0 aliphatic heterocycles. The zero-order valence-corrected chi connectivity index (χ0v) is 10.5. The van der Waals surface area contributed by atoms with Crippen molar-refractivity contribution in [3.05, 3.63) is 39.4 Å². The average molecular weight is 251 g/mol. The molecule has 98 valence electrons. The summed E-state index contributed by atoms with van der Waals surface area (Å²) >= 11 is 0. The van der Waals surface area contributed by atoms with Crippen LogP contribution in [0.4, 0.5) is 5.69 Å². The van der Waals surface area contributed by atoms with Gasteiger partial charge in [-0.15, -0.1) is 0 Å². The number of amides is 1. The van der Waals surface area contributed by atoms with Crippen molar-refractivity contribution >= 4 is 11.6 Å². The first-order chi connectivity index (χ1) is 8.41. The van der Waals surface area contributed by atoms with Crippen molar-refractivity contribution in [3.63, 3.8) is 0 Å². The molecule has 0 bridgehead atoms. The Kier molecular flexibility index (Phi) is 4.79. The van der Waals surface area contributed by atoms with E-state index in [1.807, 2.05) is 0 Å². The lowest BCUT2D eigenvalue weighted by Crippen LogP contribution is -2.29. The number of benzene rings is 1. The second-order valence-electron chi connectivity index (χ2n) is 4.28. The molecule has 6 heteroatoms. The topological polar surface area (TPSA) is 98.3 Å². The highest BCUT2D eigenvalue weighted by Gasteiger charge is 2.13. The van der Waals surface area contributed by atoms with Gasteiger partial charge in [0.25, 0.3) is 5.69 Å². The summed E-state index contributed by atoms with van der Waals surface area (Å²) in [6.07, 6.45) is 0.244. The van der Waals surface area contributed by atoms with Gasteiger partial charge >= 0.3 is 0 Å². The molecule has 3 N–H and O–H groups in total. The van der Waals surface area contributed by atoms with Crippen molar-refractivity contribution in [1.82, 2.24) is 5.32 Å². The summed E-state index contributed by atoms with van der Waals surface area (Å²) in [5.41, 5.74) is 6.88. The molecule has 1 rings (SSSR count). The molecule has 0 spiro atoms. The summed E-state index contributed by atoms with van der Waals surface area (Å²) in [4.78, 5) is 21.8. The molecule has 0 radical (unpaired) electrons. The molecule has 18 heavy (non-hydrogen) atoms. The van der Waals surface area contributed by atoms with Crippen LogP contribution < -0.4 is 11.1 Å². The van der Waals surface area contributed by atoms with Gasteiger partial charge in [-0.1, -0.05) is 12.1 Å². The molecular formula is C12H17N3O3. The van der Waals surface area contributed by atoms with E-state index in [1.165, 1.54) is 6.07 Å². The molecule has 0 aromatic heterocycles. The second-order valence-corrected chi connectivity index (χ2v) is 4.28. The third kappa shape index (κ3) is 3.81. The van der Waals surface area contributed by atoms with E-state index in [0.717, 1.165) is 5.56 Å². The Balaban J connectivity index is 2.71. The maximum Gasteiger partial charge on any atom is 0.272 e. The number of nitro benzene ring substituents is 1. The molecule has 1 aromatic carbocycles. The molecule has 0 saturated heterocycles. The Labute approximate surface area is 105 Å². The summed E-state index contributed by atoms with van der Waals surface area (Å²) in [6, 6.07) is 4.62. The smallest absolute Gasteiger partial charge is 0.272 e. The Morgan fingerprint density at radius 1 is 1.56 bits per heavy atom. The summed E-state index contributed by atoms with van der Waals surface area (Å²) in [5, 5.41) is 13.5. The lowest BCUT2D eigenvalue weighted by molar-refractivity contribution is -0.385. The van der Waals surface area contributed by atoms with Crippen LogP contribution in [0.15, 0.2) is 18.2 Å². The fourth-order valence-corrected chi connectivity index (χ4v) is 1.62. The van der Waals surface area contributed by atoms with Crippen LogP contribution in [-0.4, -0.2) is 16.9 Å². The number of hydrogen-bond acceptors (Lipinski definition) is 4. The standard InChI is InChI=1S/C12H17N3O3/c1-8(13)6-12(16)14-7-10-4-3-5-11(9(10)2)15(17)18/h3-5,8H,6-7,13H2,1-2H3,(H,14,16). The van der Waals surface area contributed by atoms with Gasteiger partial charge in [-0.3, -0.25) is 14.9 Å². The van der Waals surface area contributed by atoms with Crippen molar-refractivity contribution in [2.24, 2.45) is 5.73 Å². The predicted octanol–water partition coefficient (Wildman–Crippen LogP) is 1.26. The number of nitrogens with one attached hydrogen (secondary N) is 1. The summed E-state index contributed by atoms with van der Waals surface area (Å²) in [7, 11) is 0. The van der Waals surface area contributed by atoms with Crippen molar-refractivity contribution in [1.29, 1.82) is 0 Å². The van der Waals surface area contributed by atoms with Crippen LogP contribution >= 0.6 is 0 Å². The lowest BCUT2D eigenvalue weighted by atomic mass is 10.1. The van der Waals surface area contributed by atoms with Crippen LogP contribution in [0.2, 0.25) is 0 Å². The van der Waals surface area contributed by atoms with Gasteiger partial charge in [-0.25, -0.2) is 0 Å². The maximum atomic E-state index is 11.4. The number of nitro groups is 1. The van der Waals surface area contributed by atoms with Crippen LogP contribution in [0.3, 0.4) is 0 Å². The number of hydrogen-bond donors (Lipinski definition) is 2. The first kappa shape index (κ1) is 14.1. The Bertz CT molecular complexity index is 458. The first-order valence-corrected chi connectivity index (χ1v) is 5.67. The molecule has 0 saturated carbocycles. The van der Waals surface area contributed by atoms with E-state index in [2.05, 4.69) is 5.32 Å². The van der Waals surface area contributed by atoms with Crippen molar-refractivity contribution in [2.75, 3.05) is 0 Å². The van der Waals surface area contributed by atoms with E-state index in [9.17, 15) is 14.9 Å². The number of carbonyl (C=O) groups excluding carboxylic acids is 1. The van der Waals surface area contributed by atoms with Gasteiger partial charge in [-0.05, 0) is 19.4 Å². The lowest BCUT2D eigenvalue weighted by Gasteiger charge is -2.09. The highest BCUT2D eigenvalue weighted by Crippen LogP contribution is 2.20. The molecule has 0 aliphatic rings. The highest BCUT2D eigenvalue weighted by molar-refractivity contribution is 5.76. The van der Waals surface area contributed by atoms with Gasteiger partial charge < -0.3 is 11.1 Å². The largest absolute Gasteiger partial charge is 0.352 e. The van der Waals surface area contributed by atoms with Crippen LogP contribution in [0.25, 0.3) is 0 Å². The van der Waals surface area contributed by atoms with Gasteiger partial charge in [0.1, 0.15) is 0 Å². The van der Waals surface area contributed by atoms with E-state index >= 15 is 0 Å². The summed E-state index contributed by atoms with van der Waals surface area (Å²) in [6.45, 7) is 3.70. The second kappa shape index (κ2) is 6.11. The number of carbonyl (C=O) groups is 1. The molecule has 6 nitrogen and oxygen atoms in total. The molecule has 0 fully saturated rings. The summed E-state index contributed by atoms with van der Waals surface area (Å²) < 4.78 is 0. The number of nitrogens with two attached hydrogens (primary N) is 1. The molecular weight excluding hydrogens is 234 g/mol. The van der Waals surface area contributed by atoms with Crippen LogP contribution in [-0.2, 0) is 11.3 Å². The van der Waals surface area contributed by atoms with E-state index < -0.39 is 4.92 Å². The molecule has 0 heterocycles. The monoisotopic (exact) mass is 251 g/mol. The quantitative estimate of drug-likeness (QED) is 0.608. The molecule has 1 unspecified atom stereocenters. The minimum atomic E-state index is -0.428. The fourth-order valence-electron chi connectivity index (χ4n) is 1.62. The van der Waals surface area contributed by atoms with Crippen molar-refractivity contribution in [3.8, 4) is 0 Å². The van der Waals surface area contributed by atoms with Gasteiger partial charge in [0, 0.05) is 30.6 Å². The van der Waals surface area contributed by atoms with Crippen molar-refractivity contribution < 1.29 is 9.72 Å². The zero-order chi connectivity index (χ0) is 13.7. The SMILES string of the molecule is Cc1c(CNC(=O)CC(C)N)cccc1[N+](=O)[O-]. The Morgan fingerprint density at radius 3 is 2.78 bits per heavy atom. The van der Waals surface area contributed by atoms with Gasteiger partial charge in [-0.2, -0.15) is 0 Å². The van der Waals surface area contributed by atoms with Gasteiger partial charge in [0.05, 0.1) is 4.92 Å². The first-order valence-electron chi connectivity index (χ1n) is 5.67.